The lowest BCUT2D eigenvalue weighted by Crippen LogP contribution is -2.64. The van der Waals surface area contributed by atoms with Crippen molar-refractivity contribution in [2.24, 2.45) is 22.9 Å². The van der Waals surface area contributed by atoms with Gasteiger partial charge in [-0.05, 0) is 18.6 Å². The molecule has 0 bridgehead atoms. The minimum Gasteiger partial charge on any atom is -0.394 e. The molecule has 3 heterocycles. The maximum Gasteiger partial charge on any atom is 0.259 e. The SMILES string of the molecule is NC[C@H]1O[C@@H](O[C@H]2[C@@H](O)[C@H](O[C@@H]3[C@@H](O)[C@H](OCSc4nc5ccccc5c(=O)[nH]4)[C@@H](N)C[C@H]3N)O[C@@H]2CO)[C@@H](N)[C@H](O)[C@H]1O. The van der Waals surface area contributed by atoms with Crippen molar-refractivity contribution >= 4 is 22.7 Å². The topological polar surface area (TPSA) is 297 Å². The van der Waals surface area contributed by atoms with Gasteiger partial charge in [-0.2, -0.15) is 0 Å². The number of aromatic nitrogens is 2. The summed E-state index contributed by atoms with van der Waals surface area (Å²) in [7, 11) is 0. The number of aliphatic hydroxyl groups excluding tert-OH is 5. The van der Waals surface area contributed by atoms with Crippen LogP contribution in [0, 0.1) is 0 Å². The first-order valence-corrected chi connectivity index (χ1v) is 15.2. The normalized spacial score (nSPS) is 41.3. The van der Waals surface area contributed by atoms with E-state index in [0.717, 1.165) is 11.8 Å². The number of rotatable bonds is 10. The molecule has 0 unspecified atom stereocenters. The van der Waals surface area contributed by atoms with E-state index in [4.69, 9.17) is 46.6 Å². The van der Waals surface area contributed by atoms with Crippen LogP contribution in [0.25, 0.3) is 10.9 Å². The lowest BCUT2D eigenvalue weighted by molar-refractivity contribution is -0.280. The standard InChI is InChI=1S/C26H40N6O11S/c27-6-13-16(34)17(35)15(30)24(40-13)43-22-14(7-33)41-25(19(22)37)42-21-11(29)5-10(28)20(18(21)36)39-8-44-26-31-12-4-2-1-3-9(12)23(38)32-26/h1-4,10-11,13-22,24-25,33-37H,5-8,27-30H2,(H,31,32,38)/t10-,11+,13+,14+,15-,16-,17-,18-,19+,20+,21-,22+,24-,25-/m0/s1. The monoisotopic (exact) mass is 644 g/mol. The van der Waals surface area contributed by atoms with E-state index in [9.17, 15) is 30.3 Å². The smallest absolute Gasteiger partial charge is 0.259 e. The number of aliphatic hydroxyl groups is 5. The first-order valence-electron chi connectivity index (χ1n) is 14.2. The van der Waals surface area contributed by atoms with E-state index in [2.05, 4.69) is 9.97 Å². The molecule has 14 atom stereocenters. The van der Waals surface area contributed by atoms with Gasteiger partial charge in [0, 0.05) is 18.6 Å². The molecule has 0 spiro atoms. The zero-order valence-corrected chi connectivity index (χ0v) is 24.4. The van der Waals surface area contributed by atoms with Crippen molar-refractivity contribution in [3.63, 3.8) is 0 Å². The molecule has 3 fully saturated rings. The van der Waals surface area contributed by atoms with E-state index < -0.39 is 92.2 Å². The van der Waals surface area contributed by atoms with Gasteiger partial charge in [-0.25, -0.2) is 4.98 Å². The van der Waals surface area contributed by atoms with Crippen LogP contribution >= 0.6 is 11.8 Å². The molecular formula is C26H40N6O11S. The van der Waals surface area contributed by atoms with Gasteiger partial charge < -0.3 is 77.1 Å². The minimum absolute atomic E-state index is 0.0181. The molecule has 5 rings (SSSR count). The Morgan fingerprint density at radius 1 is 0.909 bits per heavy atom. The molecule has 2 saturated heterocycles. The number of aromatic amines is 1. The number of para-hydroxylation sites is 1. The highest BCUT2D eigenvalue weighted by molar-refractivity contribution is 7.99. The Morgan fingerprint density at radius 2 is 1.59 bits per heavy atom. The van der Waals surface area contributed by atoms with Gasteiger partial charge in [0.15, 0.2) is 17.7 Å². The summed E-state index contributed by atoms with van der Waals surface area (Å²) in [4.78, 5) is 19.5. The van der Waals surface area contributed by atoms with Crippen molar-refractivity contribution in [2.45, 2.75) is 97.2 Å². The molecule has 1 aliphatic carbocycles. The molecule has 0 amide bonds. The molecule has 246 valence electrons. The Labute approximate surface area is 255 Å². The molecule has 2 aliphatic heterocycles. The van der Waals surface area contributed by atoms with Crippen LogP contribution in [0.15, 0.2) is 34.2 Å². The Bertz CT molecular complexity index is 1310. The molecule has 17 nitrogen and oxygen atoms in total. The van der Waals surface area contributed by atoms with E-state index in [1.54, 1.807) is 24.3 Å². The lowest BCUT2D eigenvalue weighted by Gasteiger charge is -2.43. The van der Waals surface area contributed by atoms with Crippen LogP contribution < -0.4 is 28.5 Å². The van der Waals surface area contributed by atoms with Gasteiger partial charge >= 0.3 is 0 Å². The first-order chi connectivity index (χ1) is 21.0. The highest BCUT2D eigenvalue weighted by Crippen LogP contribution is 2.33. The zero-order chi connectivity index (χ0) is 31.7. The number of hydrogen-bond donors (Lipinski definition) is 10. The van der Waals surface area contributed by atoms with Crippen molar-refractivity contribution in [2.75, 3.05) is 19.1 Å². The van der Waals surface area contributed by atoms with E-state index in [1.165, 1.54) is 0 Å². The van der Waals surface area contributed by atoms with Crippen molar-refractivity contribution < 1.29 is 49.2 Å². The van der Waals surface area contributed by atoms with Gasteiger partial charge in [-0.1, -0.05) is 23.9 Å². The van der Waals surface area contributed by atoms with E-state index in [1.807, 2.05) is 0 Å². The summed E-state index contributed by atoms with van der Waals surface area (Å²) in [6.45, 7) is -0.727. The molecule has 1 saturated carbocycles. The van der Waals surface area contributed by atoms with Gasteiger partial charge in [-0.15, -0.1) is 0 Å². The van der Waals surface area contributed by atoms with Crippen LogP contribution in [0.5, 0.6) is 0 Å². The average Bonchev–Trinajstić information content (AvgIpc) is 3.30. The Morgan fingerprint density at radius 3 is 2.32 bits per heavy atom. The van der Waals surface area contributed by atoms with Gasteiger partial charge in [0.1, 0.15) is 60.9 Å². The second-order valence-corrected chi connectivity index (χ2v) is 12.0. The maximum absolute atomic E-state index is 12.4. The number of H-pyrrole nitrogens is 1. The van der Waals surface area contributed by atoms with Crippen molar-refractivity contribution in [1.82, 2.24) is 9.97 Å². The molecule has 14 N–H and O–H groups in total. The summed E-state index contributed by atoms with van der Waals surface area (Å²) in [6.07, 6.45) is -13.5. The molecule has 18 heteroatoms. The van der Waals surface area contributed by atoms with Gasteiger partial charge in [0.2, 0.25) is 0 Å². The fourth-order valence-electron chi connectivity index (χ4n) is 5.69. The number of fused-ring (bicyclic) bond motifs is 1. The predicted octanol–water partition coefficient (Wildman–Crippen LogP) is -4.64. The highest BCUT2D eigenvalue weighted by atomic mass is 32.2. The Kier molecular flexibility index (Phi) is 10.9. The Balaban J connectivity index is 1.21. The Hall–Kier alpha value is -1.85. The molecule has 44 heavy (non-hydrogen) atoms. The molecule has 1 aromatic carbocycles. The van der Waals surface area contributed by atoms with Crippen LogP contribution in [-0.4, -0.2) is 140 Å². The lowest BCUT2D eigenvalue weighted by atomic mass is 9.84. The van der Waals surface area contributed by atoms with Crippen LogP contribution in [0.3, 0.4) is 0 Å². The quantitative estimate of drug-likeness (QED) is 0.0660. The molecule has 1 aromatic heterocycles. The predicted molar refractivity (Wildman–Crippen MR) is 154 cm³/mol. The highest BCUT2D eigenvalue weighted by Gasteiger charge is 2.52. The molecule has 2 aromatic rings. The van der Waals surface area contributed by atoms with E-state index >= 15 is 0 Å². The van der Waals surface area contributed by atoms with E-state index in [-0.39, 0.29) is 24.5 Å². The molecule has 0 radical (unpaired) electrons. The summed E-state index contributed by atoms with van der Waals surface area (Å²) in [6, 6.07) is 4.26. The van der Waals surface area contributed by atoms with Crippen LogP contribution in [0.1, 0.15) is 6.42 Å². The first kappa shape index (κ1) is 33.5. The second-order valence-electron chi connectivity index (χ2n) is 11.1. The summed E-state index contributed by atoms with van der Waals surface area (Å²) >= 11 is 1.10. The van der Waals surface area contributed by atoms with Crippen LogP contribution in [0.4, 0.5) is 0 Å². The van der Waals surface area contributed by atoms with Crippen LogP contribution in [0.2, 0.25) is 0 Å². The van der Waals surface area contributed by atoms with Gasteiger partial charge in [-0.3, -0.25) is 4.79 Å². The molecular weight excluding hydrogens is 604 g/mol. The van der Waals surface area contributed by atoms with Crippen LogP contribution in [-0.2, 0) is 23.7 Å². The van der Waals surface area contributed by atoms with Crippen molar-refractivity contribution in [3.05, 3.63) is 34.6 Å². The fourth-order valence-corrected chi connectivity index (χ4v) is 6.36. The van der Waals surface area contributed by atoms with E-state index in [0.29, 0.717) is 16.1 Å². The summed E-state index contributed by atoms with van der Waals surface area (Å²) < 4.78 is 28.9. The zero-order valence-electron chi connectivity index (χ0n) is 23.6. The third-order valence-electron chi connectivity index (χ3n) is 8.14. The summed E-state index contributed by atoms with van der Waals surface area (Å²) in [5.74, 6) is -0.0181. The maximum atomic E-state index is 12.4. The molecule has 3 aliphatic rings. The largest absolute Gasteiger partial charge is 0.394 e. The third kappa shape index (κ3) is 6.80. The summed E-state index contributed by atoms with van der Waals surface area (Å²) in [5.41, 5.74) is 24.3. The third-order valence-corrected chi connectivity index (χ3v) is 8.86. The number of nitrogens with one attached hydrogen (secondary N) is 1. The minimum atomic E-state index is -1.51. The number of thioether (sulfide) groups is 1. The van der Waals surface area contributed by atoms with Crippen molar-refractivity contribution in [1.29, 1.82) is 0 Å². The number of benzene rings is 1. The number of nitrogens with zero attached hydrogens (tertiary/aromatic N) is 1. The second kappa shape index (κ2) is 14.3. The fraction of sp³-hybridized carbons (Fsp3) is 0.692. The van der Waals surface area contributed by atoms with Crippen molar-refractivity contribution in [3.8, 4) is 0 Å². The number of nitrogens with two attached hydrogens (primary N) is 4. The number of hydrogen-bond acceptors (Lipinski definition) is 17. The van der Waals surface area contributed by atoms with Gasteiger partial charge in [0.25, 0.3) is 5.56 Å². The average molecular weight is 645 g/mol. The van der Waals surface area contributed by atoms with Gasteiger partial charge in [0.05, 0.1) is 23.6 Å². The summed E-state index contributed by atoms with van der Waals surface area (Å²) in [5, 5.41) is 53.3. The number of ether oxygens (including phenoxy) is 5.